The zero-order chi connectivity index (χ0) is 13.0. The molecule has 0 saturated heterocycles. The summed E-state index contributed by atoms with van der Waals surface area (Å²) in [4.78, 5) is 33.2. The maximum Gasteiger partial charge on any atom is 0.348 e. The van der Waals surface area contributed by atoms with Crippen molar-refractivity contribution in [2.24, 2.45) is 0 Å². The lowest BCUT2D eigenvalue weighted by atomic mass is 10.3. The van der Waals surface area contributed by atoms with Gasteiger partial charge < -0.3 is 15.7 Å². The Morgan fingerprint density at radius 1 is 1.41 bits per heavy atom. The zero-order valence-corrected chi connectivity index (χ0v) is 10.1. The number of carbonyl (C=O) groups is 3. The standard InChI is InChI=1S/C10H12N2O4S/c1-5(11-6(2)13)9(14)12-7-3-4-17-8(7)10(15)16/h3-5H,1-2H3,(H,11,13)(H,12,14)(H,15,16). The Morgan fingerprint density at radius 2 is 2.06 bits per heavy atom. The average molecular weight is 256 g/mol. The van der Waals surface area contributed by atoms with Gasteiger partial charge in [0.1, 0.15) is 10.9 Å². The van der Waals surface area contributed by atoms with Crippen LogP contribution in [0, 0.1) is 0 Å². The van der Waals surface area contributed by atoms with Crippen molar-refractivity contribution in [1.29, 1.82) is 0 Å². The molecule has 17 heavy (non-hydrogen) atoms. The van der Waals surface area contributed by atoms with Gasteiger partial charge in [0.15, 0.2) is 0 Å². The number of aromatic carboxylic acids is 1. The third-order valence-electron chi connectivity index (χ3n) is 1.93. The van der Waals surface area contributed by atoms with Gasteiger partial charge in [-0.1, -0.05) is 0 Å². The molecule has 1 aromatic heterocycles. The first kappa shape index (κ1) is 13.2. The molecule has 6 nitrogen and oxygen atoms in total. The fourth-order valence-electron chi connectivity index (χ4n) is 1.18. The summed E-state index contributed by atoms with van der Waals surface area (Å²) in [5, 5.41) is 15.3. The highest BCUT2D eigenvalue weighted by atomic mass is 32.1. The largest absolute Gasteiger partial charge is 0.477 e. The van der Waals surface area contributed by atoms with E-state index in [4.69, 9.17) is 5.11 Å². The van der Waals surface area contributed by atoms with E-state index in [2.05, 4.69) is 10.6 Å². The lowest BCUT2D eigenvalue weighted by molar-refractivity contribution is -0.124. The Labute approximate surface area is 102 Å². The van der Waals surface area contributed by atoms with Gasteiger partial charge in [0.05, 0.1) is 5.69 Å². The number of carbonyl (C=O) groups excluding carboxylic acids is 2. The Morgan fingerprint density at radius 3 is 2.59 bits per heavy atom. The summed E-state index contributed by atoms with van der Waals surface area (Å²) in [5.74, 6) is -1.87. The molecule has 0 aromatic carbocycles. The van der Waals surface area contributed by atoms with Crippen LogP contribution in [0.5, 0.6) is 0 Å². The number of amides is 2. The van der Waals surface area contributed by atoms with Gasteiger partial charge in [0.25, 0.3) is 0 Å². The van der Waals surface area contributed by atoms with Crippen LogP contribution in [0.2, 0.25) is 0 Å². The van der Waals surface area contributed by atoms with Gasteiger partial charge in [-0.2, -0.15) is 0 Å². The molecule has 1 heterocycles. The van der Waals surface area contributed by atoms with E-state index in [0.717, 1.165) is 11.3 Å². The number of hydrogen-bond donors (Lipinski definition) is 3. The van der Waals surface area contributed by atoms with Crippen LogP contribution in [0.25, 0.3) is 0 Å². The first-order chi connectivity index (χ1) is 7.91. The third kappa shape index (κ3) is 3.56. The second-order valence-electron chi connectivity index (χ2n) is 3.38. The van der Waals surface area contributed by atoms with E-state index in [0.29, 0.717) is 0 Å². The molecule has 92 valence electrons. The molecule has 0 saturated carbocycles. The summed E-state index contributed by atoms with van der Waals surface area (Å²) in [6.45, 7) is 2.82. The van der Waals surface area contributed by atoms with Crippen LogP contribution in [0.1, 0.15) is 23.5 Å². The van der Waals surface area contributed by atoms with E-state index in [1.54, 1.807) is 5.38 Å². The topological polar surface area (TPSA) is 95.5 Å². The van der Waals surface area contributed by atoms with Crippen LogP contribution in [0.4, 0.5) is 5.69 Å². The third-order valence-corrected chi connectivity index (χ3v) is 2.83. The molecule has 0 spiro atoms. The van der Waals surface area contributed by atoms with Crippen LogP contribution in [0.3, 0.4) is 0 Å². The number of thiophene rings is 1. The van der Waals surface area contributed by atoms with Crippen molar-refractivity contribution in [2.75, 3.05) is 5.32 Å². The molecule has 1 atom stereocenters. The number of anilines is 1. The van der Waals surface area contributed by atoms with Crippen molar-refractivity contribution in [1.82, 2.24) is 5.32 Å². The van der Waals surface area contributed by atoms with E-state index in [1.807, 2.05) is 0 Å². The lowest BCUT2D eigenvalue weighted by Gasteiger charge is -2.12. The van der Waals surface area contributed by atoms with Crippen molar-refractivity contribution < 1.29 is 19.5 Å². The van der Waals surface area contributed by atoms with Gasteiger partial charge in [0.2, 0.25) is 11.8 Å². The van der Waals surface area contributed by atoms with Gasteiger partial charge in [-0.25, -0.2) is 4.79 Å². The quantitative estimate of drug-likeness (QED) is 0.746. The van der Waals surface area contributed by atoms with Gasteiger partial charge >= 0.3 is 5.97 Å². The van der Waals surface area contributed by atoms with E-state index in [-0.39, 0.29) is 16.5 Å². The molecule has 1 unspecified atom stereocenters. The highest BCUT2D eigenvalue weighted by Gasteiger charge is 2.18. The molecule has 0 aliphatic rings. The van der Waals surface area contributed by atoms with Crippen LogP contribution < -0.4 is 10.6 Å². The van der Waals surface area contributed by atoms with E-state index in [1.165, 1.54) is 19.9 Å². The number of nitrogens with one attached hydrogen (secondary N) is 2. The highest BCUT2D eigenvalue weighted by Crippen LogP contribution is 2.22. The minimum atomic E-state index is -1.09. The van der Waals surface area contributed by atoms with E-state index < -0.39 is 17.9 Å². The van der Waals surface area contributed by atoms with E-state index in [9.17, 15) is 14.4 Å². The monoisotopic (exact) mass is 256 g/mol. The Balaban J connectivity index is 2.71. The van der Waals surface area contributed by atoms with Crippen molar-refractivity contribution in [3.05, 3.63) is 16.3 Å². The van der Waals surface area contributed by atoms with Gasteiger partial charge in [-0.05, 0) is 18.4 Å². The number of carboxylic acid groups (broad SMARTS) is 1. The van der Waals surface area contributed by atoms with Crippen LogP contribution >= 0.6 is 11.3 Å². The summed E-state index contributed by atoms with van der Waals surface area (Å²) in [6, 6.07) is 0.793. The van der Waals surface area contributed by atoms with Gasteiger partial charge in [-0.3, -0.25) is 9.59 Å². The van der Waals surface area contributed by atoms with Gasteiger partial charge in [0, 0.05) is 6.92 Å². The van der Waals surface area contributed by atoms with Gasteiger partial charge in [-0.15, -0.1) is 11.3 Å². The smallest absolute Gasteiger partial charge is 0.348 e. The molecule has 0 bridgehead atoms. The SMILES string of the molecule is CC(=O)NC(C)C(=O)Nc1ccsc1C(=O)O. The molecular formula is C10H12N2O4S. The van der Waals surface area contributed by atoms with Crippen molar-refractivity contribution in [2.45, 2.75) is 19.9 Å². The number of rotatable bonds is 4. The van der Waals surface area contributed by atoms with Crippen LogP contribution in [-0.2, 0) is 9.59 Å². The number of carboxylic acids is 1. The van der Waals surface area contributed by atoms with E-state index >= 15 is 0 Å². The van der Waals surface area contributed by atoms with Crippen LogP contribution in [-0.4, -0.2) is 28.9 Å². The highest BCUT2D eigenvalue weighted by molar-refractivity contribution is 7.12. The van der Waals surface area contributed by atoms with Crippen molar-refractivity contribution in [3.63, 3.8) is 0 Å². The molecule has 1 rings (SSSR count). The van der Waals surface area contributed by atoms with Crippen LogP contribution in [0.15, 0.2) is 11.4 Å². The molecular weight excluding hydrogens is 244 g/mol. The molecule has 3 N–H and O–H groups in total. The summed E-state index contributed by atoms with van der Waals surface area (Å²) in [6.07, 6.45) is 0. The molecule has 7 heteroatoms. The Hall–Kier alpha value is -1.89. The zero-order valence-electron chi connectivity index (χ0n) is 9.31. The maximum absolute atomic E-state index is 11.6. The summed E-state index contributed by atoms with van der Waals surface area (Å²) < 4.78 is 0. The average Bonchev–Trinajstić information content (AvgIpc) is 2.64. The minimum Gasteiger partial charge on any atom is -0.477 e. The predicted molar refractivity (Wildman–Crippen MR) is 63.2 cm³/mol. The first-order valence-electron chi connectivity index (χ1n) is 4.80. The first-order valence-corrected chi connectivity index (χ1v) is 5.68. The summed E-state index contributed by atoms with van der Waals surface area (Å²) in [7, 11) is 0. The normalized spacial score (nSPS) is 11.6. The molecule has 2 amide bonds. The Kier molecular flexibility index (Phi) is 4.22. The molecule has 0 radical (unpaired) electrons. The predicted octanol–water partition coefficient (Wildman–Crippen LogP) is 0.909. The molecule has 0 aliphatic carbocycles. The number of hydrogen-bond acceptors (Lipinski definition) is 4. The lowest BCUT2D eigenvalue weighted by Crippen LogP contribution is -2.40. The summed E-state index contributed by atoms with van der Waals surface area (Å²) >= 11 is 1.02. The fourth-order valence-corrected chi connectivity index (χ4v) is 1.87. The second-order valence-corrected chi connectivity index (χ2v) is 4.30. The van der Waals surface area contributed by atoms with Crippen molar-refractivity contribution >= 4 is 34.8 Å². The minimum absolute atomic E-state index is 0.0633. The molecule has 0 fully saturated rings. The Bertz CT molecular complexity index is 455. The molecule has 0 aliphatic heterocycles. The second kappa shape index (κ2) is 5.44. The fraction of sp³-hybridized carbons (Fsp3) is 0.300. The van der Waals surface area contributed by atoms with Crippen molar-refractivity contribution in [3.8, 4) is 0 Å². The maximum atomic E-state index is 11.6. The summed E-state index contributed by atoms with van der Waals surface area (Å²) in [5.41, 5.74) is 0.240. The molecule has 1 aromatic rings.